The number of hydrogen-bond donors (Lipinski definition) is 0. The first-order valence-corrected chi connectivity index (χ1v) is 7.61. The van der Waals surface area contributed by atoms with Crippen molar-refractivity contribution in [3.8, 4) is 5.75 Å². The van der Waals surface area contributed by atoms with Crippen molar-refractivity contribution in [3.63, 3.8) is 0 Å². The minimum absolute atomic E-state index is 0.0447. The number of para-hydroxylation sites is 1. The monoisotopic (exact) mass is 347 g/mol. The van der Waals surface area contributed by atoms with E-state index in [0.29, 0.717) is 18.8 Å². The van der Waals surface area contributed by atoms with Crippen LogP contribution in [-0.4, -0.2) is 53.2 Å². The highest BCUT2D eigenvalue weighted by Crippen LogP contribution is 2.39. The first kappa shape index (κ1) is 16.7. The summed E-state index contributed by atoms with van der Waals surface area (Å²) in [5.74, 6) is -0.329. The van der Waals surface area contributed by atoms with E-state index < -0.39 is 10.9 Å². The number of methoxy groups -OCH3 is 2. The highest BCUT2D eigenvalue weighted by molar-refractivity contribution is 5.86. The summed E-state index contributed by atoms with van der Waals surface area (Å²) in [6.45, 7) is 1.13. The fourth-order valence-electron chi connectivity index (χ4n) is 2.94. The molecule has 2 heterocycles. The standard InChI is InChI=1S/C15H17N5O5/c1-24-13-5-3-4-12(14(13)20(22)23)18-7-6-10(8-18)19-9-11(16-17-19)15(21)25-2/h3-5,9-10H,6-8H2,1-2H3. The molecule has 3 rings (SSSR count). The van der Waals surface area contributed by atoms with Crippen LogP contribution < -0.4 is 9.64 Å². The summed E-state index contributed by atoms with van der Waals surface area (Å²) in [5, 5.41) is 19.2. The van der Waals surface area contributed by atoms with Crippen molar-refractivity contribution in [1.29, 1.82) is 0 Å². The molecule has 0 amide bonds. The fraction of sp³-hybridized carbons (Fsp3) is 0.400. The van der Waals surface area contributed by atoms with Crippen LogP contribution in [0.1, 0.15) is 23.0 Å². The number of aromatic nitrogens is 3. The summed E-state index contributed by atoms with van der Waals surface area (Å²) >= 11 is 0. The van der Waals surface area contributed by atoms with Crippen LogP contribution in [0.5, 0.6) is 5.75 Å². The van der Waals surface area contributed by atoms with Gasteiger partial charge in [-0.05, 0) is 18.6 Å². The Labute approximate surface area is 143 Å². The van der Waals surface area contributed by atoms with Crippen molar-refractivity contribution in [1.82, 2.24) is 15.0 Å². The van der Waals surface area contributed by atoms with Gasteiger partial charge >= 0.3 is 11.7 Å². The Morgan fingerprint density at radius 1 is 1.40 bits per heavy atom. The molecule has 1 atom stereocenters. The Kier molecular flexibility index (Phi) is 4.50. The Bertz CT molecular complexity index is 805. The van der Waals surface area contributed by atoms with Crippen molar-refractivity contribution < 1.29 is 19.2 Å². The molecule has 10 nitrogen and oxygen atoms in total. The number of ether oxygens (including phenoxy) is 2. The maximum Gasteiger partial charge on any atom is 0.360 e. The van der Waals surface area contributed by atoms with Crippen LogP contribution >= 0.6 is 0 Å². The van der Waals surface area contributed by atoms with Gasteiger partial charge in [-0.1, -0.05) is 11.3 Å². The van der Waals surface area contributed by atoms with Crippen LogP contribution in [0.15, 0.2) is 24.4 Å². The van der Waals surface area contributed by atoms with Crippen LogP contribution in [0.4, 0.5) is 11.4 Å². The third-order valence-corrected chi connectivity index (χ3v) is 4.16. The third kappa shape index (κ3) is 3.10. The topological polar surface area (TPSA) is 113 Å². The lowest BCUT2D eigenvalue weighted by molar-refractivity contribution is -0.385. The second-order valence-corrected chi connectivity index (χ2v) is 5.55. The molecule has 1 fully saturated rings. The number of rotatable bonds is 5. The van der Waals surface area contributed by atoms with Gasteiger partial charge in [0.2, 0.25) is 0 Å². The lowest BCUT2D eigenvalue weighted by atomic mass is 10.2. The van der Waals surface area contributed by atoms with Crippen molar-refractivity contribution in [2.75, 3.05) is 32.2 Å². The summed E-state index contributed by atoms with van der Waals surface area (Å²) in [4.78, 5) is 24.4. The van der Waals surface area contributed by atoms with E-state index in [0.717, 1.165) is 6.42 Å². The minimum Gasteiger partial charge on any atom is -0.490 e. The van der Waals surface area contributed by atoms with Crippen LogP contribution in [-0.2, 0) is 4.74 Å². The highest BCUT2D eigenvalue weighted by atomic mass is 16.6. The Morgan fingerprint density at radius 2 is 2.20 bits per heavy atom. The molecule has 1 unspecified atom stereocenters. The van der Waals surface area contributed by atoms with Crippen molar-refractivity contribution in [2.45, 2.75) is 12.5 Å². The number of nitro groups is 1. The summed E-state index contributed by atoms with van der Waals surface area (Å²) in [7, 11) is 2.68. The average molecular weight is 347 g/mol. The van der Waals surface area contributed by atoms with Crippen LogP contribution in [0.3, 0.4) is 0 Å². The maximum absolute atomic E-state index is 11.5. The highest BCUT2D eigenvalue weighted by Gasteiger charge is 2.31. The van der Waals surface area contributed by atoms with E-state index >= 15 is 0 Å². The van der Waals surface area contributed by atoms with Gasteiger partial charge in [-0.25, -0.2) is 9.48 Å². The fourth-order valence-corrected chi connectivity index (χ4v) is 2.94. The molecule has 0 bridgehead atoms. The second-order valence-electron chi connectivity index (χ2n) is 5.55. The number of nitro benzene ring substituents is 1. The van der Waals surface area contributed by atoms with Gasteiger partial charge < -0.3 is 14.4 Å². The van der Waals surface area contributed by atoms with Crippen LogP contribution in [0, 0.1) is 10.1 Å². The van der Waals surface area contributed by atoms with Gasteiger partial charge in [-0.2, -0.15) is 0 Å². The number of hydrogen-bond acceptors (Lipinski definition) is 8. The van der Waals surface area contributed by atoms with Gasteiger partial charge in [-0.15, -0.1) is 5.10 Å². The molecule has 10 heteroatoms. The number of esters is 1. The average Bonchev–Trinajstić information content (AvgIpc) is 3.29. The van der Waals surface area contributed by atoms with Gasteiger partial charge in [0.25, 0.3) is 0 Å². The second kappa shape index (κ2) is 6.75. The van der Waals surface area contributed by atoms with Crippen molar-refractivity contribution in [2.24, 2.45) is 0 Å². The van der Waals surface area contributed by atoms with E-state index in [1.54, 1.807) is 22.9 Å². The first-order chi connectivity index (χ1) is 12.0. The molecule has 1 aliphatic rings. The van der Waals surface area contributed by atoms with E-state index in [2.05, 4.69) is 15.0 Å². The molecular weight excluding hydrogens is 330 g/mol. The molecule has 0 spiro atoms. The summed E-state index contributed by atoms with van der Waals surface area (Å²) in [6, 6.07) is 4.94. The van der Waals surface area contributed by atoms with Gasteiger partial charge in [0, 0.05) is 13.1 Å². The predicted octanol–water partition coefficient (Wildman–Crippen LogP) is 1.43. The summed E-state index contributed by atoms with van der Waals surface area (Å²) < 4.78 is 11.3. The number of carbonyl (C=O) groups is 1. The minimum atomic E-state index is -0.551. The van der Waals surface area contributed by atoms with Gasteiger partial charge in [0.15, 0.2) is 11.4 Å². The number of benzene rings is 1. The van der Waals surface area contributed by atoms with Gasteiger partial charge in [-0.3, -0.25) is 10.1 Å². The molecule has 0 N–H and O–H groups in total. The molecular formula is C15H17N5O5. The van der Waals surface area contributed by atoms with E-state index in [1.165, 1.54) is 20.4 Å². The number of carbonyl (C=O) groups excluding carboxylic acids is 1. The molecule has 1 aromatic heterocycles. The lowest BCUT2D eigenvalue weighted by Crippen LogP contribution is -2.22. The van der Waals surface area contributed by atoms with Gasteiger partial charge in [0.1, 0.15) is 5.69 Å². The molecule has 0 saturated carbocycles. The van der Waals surface area contributed by atoms with E-state index in [9.17, 15) is 14.9 Å². The molecule has 1 aromatic carbocycles. The zero-order valence-corrected chi connectivity index (χ0v) is 13.8. The quantitative estimate of drug-likeness (QED) is 0.453. The van der Waals surface area contributed by atoms with E-state index in [1.807, 2.05) is 4.90 Å². The lowest BCUT2D eigenvalue weighted by Gasteiger charge is -2.19. The molecule has 2 aromatic rings. The van der Waals surface area contributed by atoms with Crippen LogP contribution in [0.25, 0.3) is 0 Å². The zero-order chi connectivity index (χ0) is 18.0. The Morgan fingerprint density at radius 3 is 2.88 bits per heavy atom. The SMILES string of the molecule is COC(=O)c1cn(C2CCN(c3cccc(OC)c3[N+](=O)[O-])C2)nn1. The van der Waals surface area contributed by atoms with E-state index in [4.69, 9.17) is 4.74 Å². The van der Waals surface area contributed by atoms with Crippen molar-refractivity contribution >= 4 is 17.3 Å². The normalized spacial score (nSPS) is 16.7. The van der Waals surface area contributed by atoms with Crippen molar-refractivity contribution in [3.05, 3.63) is 40.2 Å². The molecule has 0 aliphatic carbocycles. The summed E-state index contributed by atoms with van der Waals surface area (Å²) in [6.07, 6.45) is 2.25. The summed E-state index contributed by atoms with van der Waals surface area (Å²) in [5.41, 5.74) is 0.577. The number of anilines is 1. The molecule has 1 saturated heterocycles. The Hall–Kier alpha value is -3.17. The van der Waals surface area contributed by atoms with E-state index in [-0.39, 0.29) is 23.2 Å². The molecule has 0 radical (unpaired) electrons. The Balaban J connectivity index is 1.83. The third-order valence-electron chi connectivity index (χ3n) is 4.16. The maximum atomic E-state index is 11.5. The molecule has 1 aliphatic heterocycles. The number of nitrogens with zero attached hydrogens (tertiary/aromatic N) is 5. The van der Waals surface area contributed by atoms with Gasteiger partial charge in [0.05, 0.1) is 31.4 Å². The molecule has 25 heavy (non-hydrogen) atoms. The zero-order valence-electron chi connectivity index (χ0n) is 13.8. The van der Waals surface area contributed by atoms with Crippen LogP contribution in [0.2, 0.25) is 0 Å². The first-order valence-electron chi connectivity index (χ1n) is 7.61. The largest absolute Gasteiger partial charge is 0.490 e. The predicted molar refractivity (Wildman–Crippen MR) is 86.9 cm³/mol. The smallest absolute Gasteiger partial charge is 0.360 e. The molecule has 132 valence electrons.